The molecular weight excluding hydrogens is 310 g/mol. The highest BCUT2D eigenvalue weighted by Gasteiger charge is 2.22. The van der Waals surface area contributed by atoms with Crippen molar-refractivity contribution in [3.05, 3.63) is 35.3 Å². The van der Waals surface area contributed by atoms with E-state index in [0.717, 1.165) is 12.1 Å². The minimum absolute atomic E-state index is 0.299. The van der Waals surface area contributed by atoms with Gasteiger partial charge in [0.2, 0.25) is 0 Å². The van der Waals surface area contributed by atoms with Gasteiger partial charge in [-0.2, -0.15) is 0 Å². The number of hydrogen-bond acceptors (Lipinski definition) is 4. The summed E-state index contributed by atoms with van der Waals surface area (Å²) >= 11 is 1.47. The summed E-state index contributed by atoms with van der Waals surface area (Å²) in [6.07, 6.45) is 4.61. The number of nitrogens with zero attached hydrogens (tertiary/aromatic N) is 1. The number of carbonyl (C=O) groups excluding carboxylic acids is 1. The van der Waals surface area contributed by atoms with Crippen molar-refractivity contribution in [3.63, 3.8) is 0 Å². The zero-order chi connectivity index (χ0) is 16.1. The van der Waals surface area contributed by atoms with E-state index in [4.69, 9.17) is 4.74 Å². The van der Waals surface area contributed by atoms with Crippen LogP contribution in [-0.4, -0.2) is 17.6 Å². The molecule has 23 heavy (non-hydrogen) atoms. The maximum atomic E-state index is 12.2. The molecular formula is C17H21N3O2S. The molecule has 2 N–H and O–H groups in total. The van der Waals surface area contributed by atoms with Gasteiger partial charge in [-0.05, 0) is 31.4 Å². The molecule has 3 rings (SSSR count). The average Bonchev–Trinajstić information content (AvgIpc) is 2.92. The summed E-state index contributed by atoms with van der Waals surface area (Å²) in [5.41, 5.74) is 1.76. The number of rotatable bonds is 6. The van der Waals surface area contributed by atoms with E-state index in [1.165, 1.54) is 30.6 Å². The lowest BCUT2D eigenvalue weighted by Gasteiger charge is -2.22. The van der Waals surface area contributed by atoms with Gasteiger partial charge in [0.05, 0.1) is 18.0 Å². The van der Waals surface area contributed by atoms with Gasteiger partial charge in [-0.3, -0.25) is 5.32 Å². The van der Waals surface area contributed by atoms with E-state index in [0.29, 0.717) is 29.1 Å². The Balaban J connectivity index is 1.59. The molecule has 0 aliphatic heterocycles. The predicted octanol–water partition coefficient (Wildman–Crippen LogP) is 4.84. The highest BCUT2D eigenvalue weighted by Crippen LogP contribution is 2.37. The van der Waals surface area contributed by atoms with Gasteiger partial charge in [0, 0.05) is 11.3 Å². The second-order valence-electron chi connectivity index (χ2n) is 5.63. The Labute approximate surface area is 140 Å². The largest absolute Gasteiger partial charge is 0.491 e. The number of hydrogen-bond donors (Lipinski definition) is 2. The van der Waals surface area contributed by atoms with E-state index in [9.17, 15) is 4.79 Å². The molecule has 1 aromatic carbocycles. The van der Waals surface area contributed by atoms with Crippen LogP contribution in [0.1, 0.15) is 44.2 Å². The van der Waals surface area contributed by atoms with Crippen molar-refractivity contribution in [2.75, 3.05) is 17.2 Å². The van der Waals surface area contributed by atoms with E-state index in [1.807, 2.05) is 36.6 Å². The first-order valence-corrected chi connectivity index (χ1v) is 8.89. The maximum absolute atomic E-state index is 12.2. The molecule has 1 aliphatic carbocycles. The van der Waals surface area contributed by atoms with Crippen molar-refractivity contribution in [2.45, 2.75) is 38.5 Å². The molecule has 5 nitrogen and oxygen atoms in total. The molecule has 2 amide bonds. The Hall–Kier alpha value is -2.08. The smallest absolute Gasteiger partial charge is 0.325 e. The summed E-state index contributed by atoms with van der Waals surface area (Å²) in [5, 5.41) is 8.30. The van der Waals surface area contributed by atoms with Crippen molar-refractivity contribution in [1.29, 1.82) is 0 Å². The van der Waals surface area contributed by atoms with Crippen LogP contribution < -0.4 is 15.4 Å². The molecule has 1 saturated carbocycles. The quantitative estimate of drug-likeness (QED) is 0.796. The Morgan fingerprint density at radius 3 is 2.91 bits per heavy atom. The molecule has 6 heteroatoms. The Morgan fingerprint density at radius 2 is 2.17 bits per heavy atom. The first-order chi connectivity index (χ1) is 11.3. The average molecular weight is 331 g/mol. The number of carbonyl (C=O) groups is 1. The number of amides is 2. The van der Waals surface area contributed by atoms with Gasteiger partial charge in [0.15, 0.2) is 5.13 Å². The molecule has 0 radical (unpaired) electrons. The molecule has 2 aromatic rings. The third-order valence-electron chi connectivity index (χ3n) is 3.86. The topological polar surface area (TPSA) is 63.2 Å². The summed E-state index contributed by atoms with van der Waals surface area (Å²) in [4.78, 5) is 16.7. The van der Waals surface area contributed by atoms with E-state index in [2.05, 4.69) is 15.6 Å². The number of benzene rings is 1. The second-order valence-corrected chi connectivity index (χ2v) is 6.49. The third kappa shape index (κ3) is 4.01. The molecule has 122 valence electrons. The van der Waals surface area contributed by atoms with Crippen molar-refractivity contribution >= 4 is 28.2 Å². The lowest BCUT2D eigenvalue weighted by atomic mass is 9.83. The first kappa shape index (κ1) is 15.8. The third-order valence-corrected chi connectivity index (χ3v) is 4.64. The van der Waals surface area contributed by atoms with Crippen LogP contribution >= 0.6 is 11.3 Å². The lowest BCUT2D eigenvalue weighted by molar-refractivity contribution is 0.262. The van der Waals surface area contributed by atoms with E-state index >= 15 is 0 Å². The Kier molecular flexibility index (Phi) is 5.12. The molecule has 0 saturated heterocycles. The van der Waals surface area contributed by atoms with E-state index in [1.54, 1.807) is 0 Å². The van der Waals surface area contributed by atoms with Gasteiger partial charge in [-0.1, -0.05) is 25.5 Å². The summed E-state index contributed by atoms with van der Waals surface area (Å²) in [5.74, 6) is 1.26. The minimum Gasteiger partial charge on any atom is -0.491 e. The molecule has 1 fully saturated rings. The summed E-state index contributed by atoms with van der Waals surface area (Å²) in [6, 6.07) is 7.13. The zero-order valence-corrected chi connectivity index (χ0v) is 14.0. The van der Waals surface area contributed by atoms with Crippen molar-refractivity contribution < 1.29 is 9.53 Å². The minimum atomic E-state index is -0.299. The Morgan fingerprint density at radius 1 is 1.35 bits per heavy atom. The number of anilines is 2. The summed E-state index contributed by atoms with van der Waals surface area (Å²) < 4.78 is 5.64. The normalized spacial score (nSPS) is 14.1. The maximum Gasteiger partial charge on any atom is 0.325 e. The zero-order valence-electron chi connectivity index (χ0n) is 13.2. The van der Waals surface area contributed by atoms with Gasteiger partial charge < -0.3 is 10.1 Å². The van der Waals surface area contributed by atoms with Crippen molar-refractivity contribution in [2.24, 2.45) is 0 Å². The standard InChI is InChI=1S/C17H21N3O2S/c1-2-10-22-15-9-4-3-8-13(15)18-16(21)20-17-19-14(11-23-17)12-6-5-7-12/h3-4,8-9,11-12H,2,5-7,10H2,1H3,(H2,18,19,20,21). The number of aromatic nitrogens is 1. The van der Waals surface area contributed by atoms with Gasteiger partial charge >= 0.3 is 6.03 Å². The molecule has 0 unspecified atom stereocenters. The van der Waals surface area contributed by atoms with Crippen LogP contribution in [0.15, 0.2) is 29.6 Å². The van der Waals surface area contributed by atoms with E-state index < -0.39 is 0 Å². The fourth-order valence-corrected chi connectivity index (χ4v) is 3.18. The fourth-order valence-electron chi connectivity index (χ4n) is 2.39. The molecule has 1 aliphatic rings. The van der Waals surface area contributed by atoms with Crippen molar-refractivity contribution in [1.82, 2.24) is 4.98 Å². The lowest BCUT2D eigenvalue weighted by Crippen LogP contribution is -2.20. The second kappa shape index (κ2) is 7.46. The van der Waals surface area contributed by atoms with Crippen LogP contribution in [0.4, 0.5) is 15.6 Å². The van der Waals surface area contributed by atoms with Crippen LogP contribution in [0, 0.1) is 0 Å². The van der Waals surface area contributed by atoms with Crippen LogP contribution in [-0.2, 0) is 0 Å². The molecule has 1 heterocycles. The number of para-hydroxylation sites is 2. The number of ether oxygens (including phenoxy) is 1. The molecule has 0 atom stereocenters. The fraction of sp³-hybridized carbons (Fsp3) is 0.412. The van der Waals surface area contributed by atoms with Crippen LogP contribution in [0.3, 0.4) is 0 Å². The monoisotopic (exact) mass is 331 g/mol. The van der Waals surface area contributed by atoms with Gasteiger partial charge in [0.25, 0.3) is 0 Å². The van der Waals surface area contributed by atoms with Crippen molar-refractivity contribution in [3.8, 4) is 5.75 Å². The number of urea groups is 1. The molecule has 1 aromatic heterocycles. The highest BCUT2D eigenvalue weighted by molar-refractivity contribution is 7.13. The number of thiazole rings is 1. The molecule has 0 spiro atoms. The first-order valence-electron chi connectivity index (χ1n) is 8.01. The van der Waals surface area contributed by atoms with Gasteiger partial charge in [0.1, 0.15) is 5.75 Å². The van der Waals surface area contributed by atoms with E-state index in [-0.39, 0.29) is 6.03 Å². The summed E-state index contributed by atoms with van der Waals surface area (Å²) in [7, 11) is 0. The highest BCUT2D eigenvalue weighted by atomic mass is 32.1. The van der Waals surface area contributed by atoms with Crippen LogP contribution in [0.25, 0.3) is 0 Å². The van der Waals surface area contributed by atoms with Gasteiger partial charge in [-0.25, -0.2) is 9.78 Å². The summed E-state index contributed by atoms with van der Waals surface area (Å²) in [6.45, 7) is 2.67. The number of nitrogens with one attached hydrogen (secondary N) is 2. The SMILES string of the molecule is CCCOc1ccccc1NC(=O)Nc1nc(C2CCC2)cs1. The van der Waals surface area contributed by atoms with Crippen LogP contribution in [0.2, 0.25) is 0 Å². The Bertz CT molecular complexity index is 667. The molecule has 0 bridgehead atoms. The van der Waals surface area contributed by atoms with Crippen LogP contribution in [0.5, 0.6) is 5.75 Å². The predicted molar refractivity (Wildman–Crippen MR) is 93.6 cm³/mol. The van der Waals surface area contributed by atoms with Gasteiger partial charge in [-0.15, -0.1) is 11.3 Å².